The molecule has 0 aliphatic heterocycles. The fraction of sp³-hybridized carbons (Fsp3) is 0.143. The van der Waals surface area contributed by atoms with E-state index in [1.807, 2.05) is 18.2 Å². The van der Waals surface area contributed by atoms with Gasteiger partial charge < -0.3 is 10.5 Å². The summed E-state index contributed by atoms with van der Waals surface area (Å²) in [6, 6.07) is 11.6. The lowest BCUT2D eigenvalue weighted by molar-refractivity contribution is 0.460. The minimum atomic E-state index is -0.423. The van der Waals surface area contributed by atoms with Crippen LogP contribution in [0.1, 0.15) is 18.5 Å². The van der Waals surface area contributed by atoms with Gasteiger partial charge in [0.2, 0.25) is 0 Å². The maximum absolute atomic E-state index is 13.7. The van der Waals surface area contributed by atoms with Crippen molar-refractivity contribution in [2.45, 2.75) is 13.0 Å². The van der Waals surface area contributed by atoms with Crippen molar-refractivity contribution in [2.24, 2.45) is 5.73 Å². The summed E-state index contributed by atoms with van der Waals surface area (Å²) >= 11 is 3.36. The van der Waals surface area contributed by atoms with Crippen molar-refractivity contribution in [3.05, 3.63) is 58.3 Å². The smallest absolute Gasteiger partial charge is 0.135 e. The molecule has 0 aliphatic rings. The van der Waals surface area contributed by atoms with Crippen LogP contribution in [0.4, 0.5) is 4.39 Å². The molecular weight excluding hydrogens is 297 g/mol. The maximum atomic E-state index is 13.7. The molecule has 2 nitrogen and oxygen atoms in total. The van der Waals surface area contributed by atoms with E-state index in [9.17, 15) is 4.39 Å². The Balaban J connectivity index is 2.37. The third-order valence-electron chi connectivity index (χ3n) is 2.49. The molecule has 0 aromatic heterocycles. The number of ether oxygens (including phenoxy) is 1. The molecule has 0 spiro atoms. The first kappa shape index (κ1) is 13.1. The number of halogens is 2. The molecule has 1 atom stereocenters. The van der Waals surface area contributed by atoms with Crippen LogP contribution in [0, 0.1) is 5.82 Å². The lowest BCUT2D eigenvalue weighted by Crippen LogP contribution is -2.09. The first-order valence-electron chi connectivity index (χ1n) is 5.55. The van der Waals surface area contributed by atoms with Crippen molar-refractivity contribution >= 4 is 15.9 Å². The summed E-state index contributed by atoms with van der Waals surface area (Å²) in [5.41, 5.74) is 6.16. The highest BCUT2D eigenvalue weighted by atomic mass is 79.9. The summed E-state index contributed by atoms with van der Waals surface area (Å²) in [7, 11) is 0. The largest absolute Gasteiger partial charge is 0.457 e. The topological polar surface area (TPSA) is 35.2 Å². The monoisotopic (exact) mass is 309 g/mol. The molecule has 2 aromatic carbocycles. The van der Waals surface area contributed by atoms with Crippen LogP contribution in [-0.4, -0.2) is 0 Å². The molecule has 0 saturated carbocycles. The molecule has 2 rings (SSSR count). The molecule has 1 unspecified atom stereocenters. The quantitative estimate of drug-likeness (QED) is 0.912. The van der Waals surface area contributed by atoms with Crippen LogP contribution in [0.2, 0.25) is 0 Å². The van der Waals surface area contributed by atoms with Gasteiger partial charge in [-0.25, -0.2) is 4.39 Å². The van der Waals surface area contributed by atoms with E-state index in [2.05, 4.69) is 15.9 Å². The van der Waals surface area contributed by atoms with Gasteiger partial charge in [0, 0.05) is 16.1 Å². The van der Waals surface area contributed by atoms with Crippen molar-refractivity contribution in [2.75, 3.05) is 0 Å². The van der Waals surface area contributed by atoms with Gasteiger partial charge >= 0.3 is 0 Å². The van der Waals surface area contributed by atoms with E-state index in [1.165, 1.54) is 6.07 Å². The van der Waals surface area contributed by atoms with Crippen LogP contribution in [0.3, 0.4) is 0 Å². The highest BCUT2D eigenvalue weighted by Crippen LogP contribution is 2.31. The second-order valence-corrected chi connectivity index (χ2v) is 4.92. The van der Waals surface area contributed by atoms with Crippen molar-refractivity contribution < 1.29 is 9.13 Å². The Labute approximate surface area is 114 Å². The van der Waals surface area contributed by atoms with Crippen molar-refractivity contribution in [3.8, 4) is 11.5 Å². The van der Waals surface area contributed by atoms with E-state index in [0.717, 1.165) is 4.47 Å². The average molecular weight is 310 g/mol. The molecular formula is C14H13BrFNO. The predicted octanol–water partition coefficient (Wildman–Crippen LogP) is 4.40. The van der Waals surface area contributed by atoms with Gasteiger partial charge in [-0.2, -0.15) is 0 Å². The number of hydrogen-bond acceptors (Lipinski definition) is 2. The Hall–Kier alpha value is -1.39. The summed E-state index contributed by atoms with van der Waals surface area (Å²) in [6.07, 6.45) is 0. The Kier molecular flexibility index (Phi) is 3.99. The van der Waals surface area contributed by atoms with Gasteiger partial charge in [-0.3, -0.25) is 0 Å². The standard InChI is InChI=1S/C14H13BrFNO/c1-9(17)14-12(16)6-3-7-13(14)18-11-5-2-4-10(15)8-11/h2-9H,17H2,1H3. The van der Waals surface area contributed by atoms with Gasteiger partial charge in [0.15, 0.2) is 0 Å². The second-order valence-electron chi connectivity index (χ2n) is 4.00. The molecule has 0 radical (unpaired) electrons. The zero-order valence-electron chi connectivity index (χ0n) is 9.86. The van der Waals surface area contributed by atoms with E-state index < -0.39 is 6.04 Å². The third kappa shape index (κ3) is 2.89. The molecule has 0 aliphatic carbocycles. The normalized spacial score (nSPS) is 12.2. The minimum Gasteiger partial charge on any atom is -0.457 e. The molecule has 0 saturated heterocycles. The molecule has 18 heavy (non-hydrogen) atoms. The third-order valence-corrected chi connectivity index (χ3v) is 2.99. The van der Waals surface area contributed by atoms with E-state index in [4.69, 9.17) is 10.5 Å². The van der Waals surface area contributed by atoms with Gasteiger partial charge in [0.05, 0.1) is 0 Å². The van der Waals surface area contributed by atoms with Crippen LogP contribution in [0.5, 0.6) is 11.5 Å². The van der Waals surface area contributed by atoms with E-state index in [1.54, 1.807) is 25.1 Å². The van der Waals surface area contributed by atoms with Crippen LogP contribution >= 0.6 is 15.9 Å². The number of hydrogen-bond donors (Lipinski definition) is 1. The van der Waals surface area contributed by atoms with Crippen molar-refractivity contribution in [1.82, 2.24) is 0 Å². The van der Waals surface area contributed by atoms with Crippen LogP contribution in [0.25, 0.3) is 0 Å². The second kappa shape index (κ2) is 5.50. The minimum absolute atomic E-state index is 0.350. The van der Waals surface area contributed by atoms with Gasteiger partial charge in [0.25, 0.3) is 0 Å². The highest BCUT2D eigenvalue weighted by Gasteiger charge is 2.14. The number of rotatable bonds is 3. The number of benzene rings is 2. The first-order valence-corrected chi connectivity index (χ1v) is 6.34. The number of nitrogens with two attached hydrogens (primary N) is 1. The molecule has 0 amide bonds. The summed E-state index contributed by atoms with van der Waals surface area (Å²) in [4.78, 5) is 0. The van der Waals surface area contributed by atoms with E-state index >= 15 is 0 Å². The molecule has 4 heteroatoms. The lowest BCUT2D eigenvalue weighted by atomic mass is 10.1. The van der Waals surface area contributed by atoms with Gasteiger partial charge in [-0.05, 0) is 37.3 Å². The molecule has 0 bridgehead atoms. The molecule has 94 valence electrons. The molecule has 2 N–H and O–H groups in total. The summed E-state index contributed by atoms with van der Waals surface area (Å²) < 4.78 is 20.3. The van der Waals surface area contributed by atoms with Crippen LogP contribution in [0.15, 0.2) is 46.9 Å². The van der Waals surface area contributed by atoms with E-state index in [-0.39, 0.29) is 5.82 Å². The molecule has 0 heterocycles. The highest BCUT2D eigenvalue weighted by molar-refractivity contribution is 9.10. The lowest BCUT2D eigenvalue weighted by Gasteiger charge is -2.14. The predicted molar refractivity (Wildman–Crippen MR) is 73.2 cm³/mol. The zero-order valence-corrected chi connectivity index (χ0v) is 11.4. The van der Waals surface area contributed by atoms with Crippen LogP contribution < -0.4 is 10.5 Å². The fourth-order valence-electron chi connectivity index (χ4n) is 1.71. The summed E-state index contributed by atoms with van der Waals surface area (Å²) in [5.74, 6) is 0.734. The Bertz CT molecular complexity index is 557. The Morgan fingerprint density at radius 3 is 2.61 bits per heavy atom. The Morgan fingerprint density at radius 2 is 1.94 bits per heavy atom. The summed E-state index contributed by atoms with van der Waals surface area (Å²) in [6.45, 7) is 1.73. The average Bonchev–Trinajstić information content (AvgIpc) is 2.28. The van der Waals surface area contributed by atoms with Gasteiger partial charge in [-0.1, -0.05) is 28.1 Å². The molecule has 2 aromatic rings. The SMILES string of the molecule is CC(N)c1c(F)cccc1Oc1cccc(Br)c1. The van der Waals surface area contributed by atoms with Gasteiger partial charge in [0.1, 0.15) is 17.3 Å². The first-order chi connectivity index (χ1) is 8.58. The van der Waals surface area contributed by atoms with Gasteiger partial charge in [-0.15, -0.1) is 0 Å². The van der Waals surface area contributed by atoms with Crippen molar-refractivity contribution in [3.63, 3.8) is 0 Å². The van der Waals surface area contributed by atoms with E-state index in [0.29, 0.717) is 17.1 Å². The molecule has 0 fully saturated rings. The summed E-state index contributed by atoms with van der Waals surface area (Å²) in [5, 5.41) is 0. The fourth-order valence-corrected chi connectivity index (χ4v) is 2.08. The van der Waals surface area contributed by atoms with Crippen LogP contribution in [-0.2, 0) is 0 Å². The van der Waals surface area contributed by atoms with Crippen molar-refractivity contribution in [1.29, 1.82) is 0 Å². The zero-order chi connectivity index (χ0) is 13.1. The maximum Gasteiger partial charge on any atom is 0.135 e. The Morgan fingerprint density at radius 1 is 1.22 bits per heavy atom.